The Bertz CT molecular complexity index is 2410. The van der Waals surface area contributed by atoms with Crippen LogP contribution in [0.3, 0.4) is 0 Å². The van der Waals surface area contributed by atoms with Crippen molar-refractivity contribution in [3.05, 3.63) is 107 Å². The summed E-state index contributed by atoms with van der Waals surface area (Å²) in [5.74, 6) is 1.80. The molecule has 3 N–H and O–H groups in total. The number of rotatable bonds is 12. The summed E-state index contributed by atoms with van der Waals surface area (Å²) < 4.78 is 32.5. The molecule has 0 bridgehead atoms. The molecule has 2 unspecified atom stereocenters. The second-order valence-corrected chi connectivity index (χ2v) is 16.7. The predicted octanol–water partition coefficient (Wildman–Crippen LogP) is 9.28. The van der Waals surface area contributed by atoms with Crippen molar-refractivity contribution < 1.29 is 28.5 Å². The van der Waals surface area contributed by atoms with Gasteiger partial charge in [0, 0.05) is 40.9 Å². The van der Waals surface area contributed by atoms with Crippen LogP contribution < -0.4 is 10.1 Å². The summed E-state index contributed by atoms with van der Waals surface area (Å²) in [5, 5.41) is 24.1. The van der Waals surface area contributed by atoms with Gasteiger partial charge in [-0.2, -0.15) is 5.10 Å². The second kappa shape index (κ2) is 16.4. The van der Waals surface area contributed by atoms with Crippen LogP contribution in [-0.2, 0) is 28.7 Å². The third-order valence-electron chi connectivity index (χ3n) is 10.8. The van der Waals surface area contributed by atoms with Gasteiger partial charge in [0.1, 0.15) is 29.3 Å². The van der Waals surface area contributed by atoms with Gasteiger partial charge in [0.15, 0.2) is 12.1 Å². The number of aromatic nitrogens is 5. The van der Waals surface area contributed by atoms with E-state index in [4.69, 9.17) is 24.2 Å². The van der Waals surface area contributed by atoms with Crippen molar-refractivity contribution in [2.45, 2.75) is 90.2 Å². The zero-order chi connectivity index (χ0) is 40.6. The first-order valence-electron chi connectivity index (χ1n) is 19.8. The summed E-state index contributed by atoms with van der Waals surface area (Å²) >= 11 is 1.55. The van der Waals surface area contributed by atoms with Gasteiger partial charge in [-0.1, -0.05) is 24.3 Å². The molecular weight excluding hydrogens is 758 g/mol. The number of aliphatic hydroxyl groups excluding tert-OH is 1. The van der Waals surface area contributed by atoms with Crippen LogP contribution in [0.15, 0.2) is 67.1 Å². The van der Waals surface area contributed by atoms with Gasteiger partial charge in [0.2, 0.25) is 0 Å². The lowest BCUT2D eigenvalue weighted by molar-refractivity contribution is -0.0988. The van der Waals surface area contributed by atoms with Crippen LogP contribution in [0.5, 0.6) is 5.75 Å². The number of hydrogen-bond donors (Lipinski definition) is 3. The van der Waals surface area contributed by atoms with Crippen LogP contribution in [0.4, 0.5) is 15.0 Å². The number of ether oxygens (including phenoxy) is 3. The molecule has 3 atom stereocenters. The number of halogens is 1. The van der Waals surface area contributed by atoms with Crippen molar-refractivity contribution in [3.63, 3.8) is 0 Å². The number of carbonyl (C=O) groups excluding carboxylic acids is 1. The van der Waals surface area contributed by atoms with E-state index in [1.165, 1.54) is 29.6 Å². The minimum absolute atomic E-state index is 0.0423. The summed E-state index contributed by atoms with van der Waals surface area (Å²) in [6, 6.07) is 16.2. The summed E-state index contributed by atoms with van der Waals surface area (Å²) in [5.41, 5.74) is 5.61. The van der Waals surface area contributed by atoms with Crippen LogP contribution in [0, 0.1) is 5.82 Å². The Balaban J connectivity index is 1.33. The van der Waals surface area contributed by atoms with E-state index in [0.717, 1.165) is 51.4 Å². The van der Waals surface area contributed by atoms with Crippen molar-refractivity contribution >= 4 is 33.3 Å². The smallest absolute Gasteiger partial charge is 0.410 e. The molecule has 302 valence electrons. The molecule has 14 heteroatoms. The Hall–Kier alpha value is -5.44. The number of H-pyrrole nitrogens is 1. The number of amides is 1. The highest BCUT2D eigenvalue weighted by molar-refractivity contribution is 7.22. The second-order valence-electron chi connectivity index (χ2n) is 15.7. The van der Waals surface area contributed by atoms with Crippen LogP contribution in [0.1, 0.15) is 99.0 Å². The highest BCUT2D eigenvalue weighted by atomic mass is 32.1. The van der Waals surface area contributed by atoms with Crippen molar-refractivity contribution in [2.75, 3.05) is 25.6 Å². The first kappa shape index (κ1) is 39.4. The van der Waals surface area contributed by atoms with Gasteiger partial charge in [-0.05, 0) is 119 Å². The Morgan fingerprint density at radius 3 is 2.67 bits per heavy atom. The molecule has 0 spiro atoms. The van der Waals surface area contributed by atoms with E-state index in [1.807, 2.05) is 45.9 Å². The average molecular weight is 806 g/mol. The lowest BCUT2D eigenvalue weighted by Gasteiger charge is -2.31. The number of fused-ring (bicyclic) bond motifs is 2. The number of benzene rings is 2. The zero-order valence-corrected chi connectivity index (χ0v) is 34.2. The molecule has 5 heterocycles. The van der Waals surface area contributed by atoms with Crippen molar-refractivity contribution in [3.8, 4) is 27.6 Å². The van der Waals surface area contributed by atoms with E-state index in [0.29, 0.717) is 59.7 Å². The molecule has 4 aromatic heterocycles. The number of aryl methyl sites for hydroxylation is 2. The van der Waals surface area contributed by atoms with Crippen LogP contribution >= 0.6 is 11.3 Å². The normalized spacial score (nSPS) is 17.1. The SMILES string of the molecule is CCOC(O)c1c([C@@H]2CCCN2C(=O)OC(C)(C)C)nc(CCc2ccc(F)cc2)c(-c2ncn[nH]2)c1-c1cc2ccnc(NC3CCc4c(OC)cccc43)c2s1. The van der Waals surface area contributed by atoms with E-state index < -0.39 is 24.0 Å². The molecule has 0 saturated carbocycles. The van der Waals surface area contributed by atoms with Gasteiger partial charge < -0.3 is 24.6 Å². The lowest BCUT2D eigenvalue weighted by Crippen LogP contribution is -2.37. The van der Waals surface area contributed by atoms with E-state index in [-0.39, 0.29) is 18.5 Å². The Labute approximate surface area is 340 Å². The van der Waals surface area contributed by atoms with E-state index in [1.54, 1.807) is 41.7 Å². The van der Waals surface area contributed by atoms with E-state index in [2.05, 4.69) is 32.6 Å². The highest BCUT2D eigenvalue weighted by Crippen LogP contribution is 2.49. The molecule has 1 aliphatic heterocycles. The van der Waals surface area contributed by atoms with E-state index in [9.17, 15) is 14.3 Å². The Kier molecular flexibility index (Phi) is 11.2. The van der Waals surface area contributed by atoms with Crippen LogP contribution in [0.25, 0.3) is 31.9 Å². The highest BCUT2D eigenvalue weighted by Gasteiger charge is 2.39. The number of nitrogens with one attached hydrogen (secondary N) is 2. The minimum atomic E-state index is -1.40. The molecule has 58 heavy (non-hydrogen) atoms. The molecule has 1 saturated heterocycles. The third-order valence-corrected chi connectivity index (χ3v) is 11.9. The zero-order valence-electron chi connectivity index (χ0n) is 33.3. The number of aromatic amines is 1. The van der Waals surface area contributed by atoms with Crippen LogP contribution in [-0.4, -0.2) is 67.1 Å². The molecular formula is C44H48FN7O5S. The number of pyridine rings is 2. The van der Waals surface area contributed by atoms with Gasteiger partial charge in [0.05, 0.1) is 35.3 Å². The number of carbonyl (C=O) groups is 1. The van der Waals surface area contributed by atoms with Gasteiger partial charge in [0.25, 0.3) is 0 Å². The molecule has 1 fully saturated rings. The topological polar surface area (TPSA) is 148 Å². The third kappa shape index (κ3) is 7.88. The minimum Gasteiger partial charge on any atom is -0.496 e. The number of anilines is 1. The fraction of sp³-hybridized carbons (Fsp3) is 0.386. The molecule has 8 rings (SSSR count). The molecule has 2 aliphatic rings. The Morgan fingerprint density at radius 2 is 1.93 bits per heavy atom. The molecule has 12 nitrogen and oxygen atoms in total. The number of likely N-dealkylation sites (tertiary alicyclic amines) is 1. The number of thiophene rings is 1. The fourth-order valence-electron chi connectivity index (χ4n) is 8.25. The predicted molar refractivity (Wildman–Crippen MR) is 221 cm³/mol. The summed E-state index contributed by atoms with van der Waals surface area (Å²) in [6.45, 7) is 8.05. The average Bonchev–Trinajstić information content (AvgIpc) is 4.04. The summed E-state index contributed by atoms with van der Waals surface area (Å²) in [6.07, 6.45) is 5.50. The number of hydrogen-bond acceptors (Lipinski definition) is 11. The Morgan fingerprint density at radius 1 is 1.10 bits per heavy atom. The van der Waals surface area contributed by atoms with Crippen molar-refractivity contribution in [1.82, 2.24) is 30.0 Å². The molecule has 6 aromatic rings. The largest absolute Gasteiger partial charge is 0.496 e. The standard InChI is InChI=1S/C44H48FN7O5S/c1-6-56-42(53)37-36(34-23-26-20-21-46-41(39(26)58-34)50-30-19-17-29-28(30)9-7-11-33(29)55-5)35(40-47-24-48-51-40)31(18-14-25-12-15-27(45)16-13-25)49-38(37)32-10-8-22-52(32)43(54)57-44(2,3)4/h7,9,11-13,15-16,20-21,23-24,30,32,42,53H,6,8,10,14,17-19,22H2,1-5H3,(H,46,50)(H,47,48,51)/t30?,32-,42?/m0/s1. The van der Waals surface area contributed by atoms with Crippen LogP contribution in [0.2, 0.25) is 0 Å². The maximum Gasteiger partial charge on any atom is 0.410 e. The molecule has 1 amide bonds. The molecule has 0 radical (unpaired) electrons. The monoisotopic (exact) mass is 805 g/mol. The molecule has 1 aliphatic carbocycles. The van der Waals surface area contributed by atoms with E-state index >= 15 is 0 Å². The van der Waals surface area contributed by atoms with Gasteiger partial charge >= 0.3 is 6.09 Å². The summed E-state index contributed by atoms with van der Waals surface area (Å²) in [7, 11) is 1.70. The number of methoxy groups -OCH3 is 1. The first-order chi connectivity index (χ1) is 28.0. The fourth-order valence-corrected chi connectivity index (χ4v) is 9.43. The van der Waals surface area contributed by atoms with Gasteiger partial charge in [-0.25, -0.2) is 19.2 Å². The lowest BCUT2D eigenvalue weighted by atomic mass is 9.90. The number of aliphatic hydroxyl groups is 1. The number of nitrogens with zero attached hydrogens (tertiary/aromatic N) is 5. The maximum atomic E-state index is 14.0. The summed E-state index contributed by atoms with van der Waals surface area (Å²) in [4.78, 5) is 31.2. The first-order valence-corrected chi connectivity index (χ1v) is 20.6. The quantitative estimate of drug-likeness (QED) is 0.102. The maximum absolute atomic E-state index is 14.0. The molecule has 2 aromatic carbocycles. The van der Waals surface area contributed by atoms with Gasteiger partial charge in [-0.3, -0.25) is 15.0 Å². The van der Waals surface area contributed by atoms with Gasteiger partial charge in [-0.15, -0.1) is 11.3 Å². The van der Waals surface area contributed by atoms with Crippen molar-refractivity contribution in [1.29, 1.82) is 0 Å². The van der Waals surface area contributed by atoms with Crippen molar-refractivity contribution in [2.24, 2.45) is 0 Å².